The lowest BCUT2D eigenvalue weighted by molar-refractivity contribution is 0.372. The highest BCUT2D eigenvalue weighted by Crippen LogP contribution is 2.28. The third kappa shape index (κ3) is 3.58. The van der Waals surface area contributed by atoms with Crippen molar-refractivity contribution in [1.82, 2.24) is 10.1 Å². The Morgan fingerprint density at radius 1 is 1.29 bits per heavy atom. The topological polar surface area (TPSA) is 64.9 Å². The van der Waals surface area contributed by atoms with Crippen LogP contribution in [0.15, 0.2) is 50.8 Å². The molecule has 0 aliphatic carbocycles. The summed E-state index contributed by atoms with van der Waals surface area (Å²) >= 11 is 5.00. The van der Waals surface area contributed by atoms with Gasteiger partial charge in [0.1, 0.15) is 0 Å². The van der Waals surface area contributed by atoms with E-state index in [1.54, 1.807) is 11.3 Å². The van der Waals surface area contributed by atoms with Crippen LogP contribution >= 0.6 is 27.3 Å². The molecule has 0 saturated carbocycles. The summed E-state index contributed by atoms with van der Waals surface area (Å²) in [6.45, 7) is 0. The molecule has 108 valence electrons. The molecule has 1 aromatic carbocycles. The SMILES string of the molecule is NC(CCc1nc(-c2cc(Br)cs2)no1)c1ccccc1. The Labute approximate surface area is 135 Å². The van der Waals surface area contributed by atoms with E-state index in [4.69, 9.17) is 10.3 Å². The van der Waals surface area contributed by atoms with Crippen LogP contribution in [0.3, 0.4) is 0 Å². The first kappa shape index (κ1) is 14.4. The molecule has 1 unspecified atom stereocenters. The minimum Gasteiger partial charge on any atom is -0.339 e. The largest absolute Gasteiger partial charge is 0.339 e. The molecule has 3 aromatic rings. The first-order valence-corrected chi connectivity index (χ1v) is 8.27. The predicted molar refractivity (Wildman–Crippen MR) is 87.0 cm³/mol. The molecular formula is C15H14BrN3OS. The van der Waals surface area contributed by atoms with E-state index in [9.17, 15) is 0 Å². The molecule has 0 saturated heterocycles. The standard InChI is InChI=1S/C15H14BrN3OS/c16-11-8-13(21-9-11)15-18-14(20-19-15)7-6-12(17)10-4-2-1-3-5-10/h1-5,8-9,12H,6-7,17H2. The van der Waals surface area contributed by atoms with Crippen molar-refractivity contribution in [1.29, 1.82) is 0 Å². The van der Waals surface area contributed by atoms with Crippen LogP contribution in [0.4, 0.5) is 0 Å². The van der Waals surface area contributed by atoms with Gasteiger partial charge in [-0.3, -0.25) is 0 Å². The fourth-order valence-corrected chi connectivity index (χ4v) is 3.38. The van der Waals surface area contributed by atoms with Gasteiger partial charge in [-0.15, -0.1) is 11.3 Å². The van der Waals surface area contributed by atoms with Gasteiger partial charge < -0.3 is 10.3 Å². The fraction of sp³-hybridized carbons (Fsp3) is 0.200. The lowest BCUT2D eigenvalue weighted by Crippen LogP contribution is -2.11. The second kappa shape index (κ2) is 6.51. The van der Waals surface area contributed by atoms with Gasteiger partial charge in [0.2, 0.25) is 11.7 Å². The number of hydrogen-bond acceptors (Lipinski definition) is 5. The van der Waals surface area contributed by atoms with E-state index < -0.39 is 0 Å². The van der Waals surface area contributed by atoms with Gasteiger partial charge in [-0.25, -0.2) is 0 Å². The summed E-state index contributed by atoms with van der Waals surface area (Å²) in [5.74, 6) is 1.26. The first-order chi connectivity index (χ1) is 10.2. The molecule has 0 spiro atoms. The summed E-state index contributed by atoms with van der Waals surface area (Å²) in [7, 11) is 0. The minimum atomic E-state index is -0.0163. The van der Waals surface area contributed by atoms with Crippen molar-refractivity contribution in [2.45, 2.75) is 18.9 Å². The number of thiophene rings is 1. The van der Waals surface area contributed by atoms with Crippen LogP contribution in [0.1, 0.15) is 23.9 Å². The third-order valence-electron chi connectivity index (χ3n) is 3.15. The smallest absolute Gasteiger partial charge is 0.227 e. The van der Waals surface area contributed by atoms with E-state index in [2.05, 4.69) is 26.1 Å². The van der Waals surface area contributed by atoms with Crippen LogP contribution in [0.25, 0.3) is 10.7 Å². The third-order valence-corrected chi connectivity index (χ3v) is 4.84. The molecule has 0 aliphatic rings. The van der Waals surface area contributed by atoms with Crippen molar-refractivity contribution >= 4 is 27.3 Å². The van der Waals surface area contributed by atoms with Gasteiger partial charge in [0.05, 0.1) is 4.88 Å². The molecule has 3 rings (SSSR count). The Balaban J connectivity index is 1.63. The number of rotatable bonds is 5. The van der Waals surface area contributed by atoms with Crippen molar-refractivity contribution in [3.63, 3.8) is 0 Å². The Morgan fingerprint density at radius 3 is 2.81 bits per heavy atom. The highest BCUT2D eigenvalue weighted by Gasteiger charge is 2.12. The zero-order valence-corrected chi connectivity index (χ0v) is 13.6. The van der Waals surface area contributed by atoms with Gasteiger partial charge in [0.25, 0.3) is 0 Å². The monoisotopic (exact) mass is 363 g/mol. The van der Waals surface area contributed by atoms with Crippen LogP contribution in [-0.4, -0.2) is 10.1 Å². The molecule has 0 aliphatic heterocycles. The van der Waals surface area contributed by atoms with Crippen LogP contribution in [-0.2, 0) is 6.42 Å². The molecule has 6 heteroatoms. The molecule has 0 bridgehead atoms. The van der Waals surface area contributed by atoms with Gasteiger partial charge in [0.15, 0.2) is 0 Å². The summed E-state index contributed by atoms with van der Waals surface area (Å²) in [6, 6.07) is 12.0. The van der Waals surface area contributed by atoms with Crippen molar-refractivity contribution < 1.29 is 4.52 Å². The normalized spacial score (nSPS) is 12.5. The molecule has 0 amide bonds. The number of benzene rings is 1. The maximum atomic E-state index is 6.17. The van der Waals surface area contributed by atoms with Crippen LogP contribution in [0.5, 0.6) is 0 Å². The quantitative estimate of drug-likeness (QED) is 0.737. The lowest BCUT2D eigenvalue weighted by atomic mass is 10.0. The van der Waals surface area contributed by atoms with E-state index in [0.29, 0.717) is 18.1 Å². The zero-order chi connectivity index (χ0) is 14.7. The van der Waals surface area contributed by atoms with Crippen LogP contribution in [0, 0.1) is 0 Å². The van der Waals surface area contributed by atoms with E-state index in [1.807, 2.05) is 41.8 Å². The number of aromatic nitrogens is 2. The number of halogens is 1. The zero-order valence-electron chi connectivity index (χ0n) is 11.2. The van der Waals surface area contributed by atoms with Crippen molar-refractivity contribution in [3.8, 4) is 10.7 Å². The molecule has 2 N–H and O–H groups in total. The molecule has 4 nitrogen and oxygen atoms in total. The van der Waals surface area contributed by atoms with Gasteiger partial charge in [-0.2, -0.15) is 4.98 Å². The van der Waals surface area contributed by atoms with E-state index in [1.165, 1.54) is 0 Å². The highest BCUT2D eigenvalue weighted by molar-refractivity contribution is 9.10. The molecule has 0 fully saturated rings. The Morgan fingerprint density at radius 2 is 2.10 bits per heavy atom. The molecular weight excluding hydrogens is 350 g/mol. The van der Waals surface area contributed by atoms with E-state index >= 15 is 0 Å². The number of nitrogens with two attached hydrogens (primary N) is 1. The molecule has 0 radical (unpaired) electrons. The Hall–Kier alpha value is -1.50. The van der Waals surface area contributed by atoms with E-state index in [0.717, 1.165) is 21.3 Å². The second-order valence-electron chi connectivity index (χ2n) is 4.70. The van der Waals surface area contributed by atoms with Crippen molar-refractivity contribution in [3.05, 3.63) is 57.7 Å². The number of nitrogens with zero attached hydrogens (tertiary/aromatic N) is 2. The Bertz CT molecular complexity index is 711. The highest BCUT2D eigenvalue weighted by atomic mass is 79.9. The van der Waals surface area contributed by atoms with Crippen molar-refractivity contribution in [2.24, 2.45) is 5.73 Å². The summed E-state index contributed by atoms with van der Waals surface area (Å²) in [6.07, 6.45) is 1.45. The molecule has 2 heterocycles. The van der Waals surface area contributed by atoms with Gasteiger partial charge >= 0.3 is 0 Å². The lowest BCUT2D eigenvalue weighted by Gasteiger charge is -2.09. The minimum absolute atomic E-state index is 0.0163. The van der Waals surface area contributed by atoms with E-state index in [-0.39, 0.29) is 6.04 Å². The maximum absolute atomic E-state index is 6.17. The van der Waals surface area contributed by atoms with Crippen molar-refractivity contribution in [2.75, 3.05) is 0 Å². The average Bonchev–Trinajstić information content (AvgIpc) is 3.14. The second-order valence-corrected chi connectivity index (χ2v) is 6.52. The predicted octanol–water partition coefficient (Wildman–Crippen LogP) is 4.19. The maximum Gasteiger partial charge on any atom is 0.227 e. The van der Waals surface area contributed by atoms with Gasteiger partial charge in [0, 0.05) is 22.3 Å². The number of hydrogen-bond donors (Lipinski definition) is 1. The average molecular weight is 364 g/mol. The molecule has 2 aromatic heterocycles. The fourth-order valence-electron chi connectivity index (χ4n) is 2.03. The summed E-state index contributed by atoms with van der Waals surface area (Å²) in [4.78, 5) is 5.41. The Kier molecular flexibility index (Phi) is 4.48. The van der Waals surface area contributed by atoms with Gasteiger partial charge in [-0.05, 0) is 34.0 Å². The first-order valence-electron chi connectivity index (χ1n) is 6.60. The van der Waals surface area contributed by atoms with Crippen LogP contribution < -0.4 is 5.73 Å². The molecule has 1 atom stereocenters. The summed E-state index contributed by atoms with van der Waals surface area (Å²) in [5.41, 5.74) is 7.29. The molecule has 21 heavy (non-hydrogen) atoms. The number of aryl methyl sites for hydroxylation is 1. The van der Waals surface area contributed by atoms with Crippen LogP contribution in [0.2, 0.25) is 0 Å². The summed E-state index contributed by atoms with van der Waals surface area (Å²) < 4.78 is 6.32. The van der Waals surface area contributed by atoms with Gasteiger partial charge in [-0.1, -0.05) is 35.5 Å². The summed E-state index contributed by atoms with van der Waals surface area (Å²) in [5, 5.41) is 6.01.